The number of para-hydroxylation sites is 1. The normalized spacial score (nSPS) is 13.9. The molecule has 2 aromatic heterocycles. The van der Waals surface area contributed by atoms with E-state index in [9.17, 15) is 4.79 Å². The van der Waals surface area contributed by atoms with Crippen molar-refractivity contribution in [1.82, 2.24) is 25.1 Å². The smallest absolute Gasteiger partial charge is 0.233 e. The number of aromatic nitrogens is 4. The summed E-state index contributed by atoms with van der Waals surface area (Å²) >= 11 is 1.41. The molecule has 0 spiro atoms. The van der Waals surface area contributed by atoms with E-state index in [4.69, 9.17) is 4.42 Å². The lowest BCUT2D eigenvalue weighted by molar-refractivity contribution is -0.127. The van der Waals surface area contributed by atoms with Crippen molar-refractivity contribution in [1.29, 1.82) is 0 Å². The minimum absolute atomic E-state index is 0.0575. The Bertz CT molecular complexity index is 963. The van der Waals surface area contributed by atoms with Gasteiger partial charge < -0.3 is 9.32 Å². The molecular weight excluding hydrogens is 374 g/mol. The highest BCUT2D eigenvalue weighted by Crippen LogP contribution is 2.36. The van der Waals surface area contributed by atoms with Gasteiger partial charge in [-0.1, -0.05) is 43.3 Å². The lowest BCUT2D eigenvalue weighted by Gasteiger charge is -2.17. The lowest BCUT2D eigenvalue weighted by atomic mass is 10.1. The van der Waals surface area contributed by atoms with E-state index in [0.717, 1.165) is 59.6 Å². The molecule has 1 aliphatic carbocycles. The highest BCUT2D eigenvalue weighted by atomic mass is 32.2. The Morgan fingerprint density at radius 3 is 2.96 bits per heavy atom. The third-order valence-corrected chi connectivity index (χ3v) is 5.96. The van der Waals surface area contributed by atoms with Crippen LogP contribution in [0.4, 0.5) is 0 Å². The molecule has 0 atom stereocenters. The number of rotatable bonds is 9. The summed E-state index contributed by atoms with van der Waals surface area (Å²) in [5.41, 5.74) is 2.01. The first-order valence-electron chi connectivity index (χ1n) is 9.81. The van der Waals surface area contributed by atoms with Gasteiger partial charge in [0.1, 0.15) is 11.3 Å². The molecule has 2 heterocycles. The Kier molecular flexibility index (Phi) is 5.66. The molecule has 0 radical (unpaired) electrons. The zero-order valence-electron chi connectivity index (χ0n) is 16.3. The van der Waals surface area contributed by atoms with Crippen molar-refractivity contribution in [2.45, 2.75) is 56.8 Å². The van der Waals surface area contributed by atoms with Crippen molar-refractivity contribution in [2.24, 2.45) is 0 Å². The highest BCUT2D eigenvalue weighted by Gasteiger charge is 2.28. The number of carbonyl (C=O) groups excluding carboxylic acids is 1. The fourth-order valence-electron chi connectivity index (χ4n) is 3.25. The molecule has 0 saturated heterocycles. The van der Waals surface area contributed by atoms with E-state index in [1.165, 1.54) is 11.8 Å². The van der Waals surface area contributed by atoms with Gasteiger partial charge in [-0.15, -0.1) is 5.10 Å². The first-order chi connectivity index (χ1) is 13.7. The average molecular weight is 400 g/mol. The van der Waals surface area contributed by atoms with Crippen molar-refractivity contribution in [3.05, 3.63) is 35.6 Å². The van der Waals surface area contributed by atoms with Crippen molar-refractivity contribution in [3.63, 3.8) is 0 Å². The summed E-state index contributed by atoms with van der Waals surface area (Å²) in [7, 11) is 1.85. The number of unbranched alkanes of at least 4 members (excludes halogenated alkanes) is 1. The van der Waals surface area contributed by atoms with Crippen LogP contribution in [-0.4, -0.2) is 43.8 Å². The van der Waals surface area contributed by atoms with Gasteiger partial charge >= 0.3 is 0 Å². The molecule has 3 aromatic rings. The SMILES string of the molecule is CCCCc1oc2ccccc2c1CN(C)C(=O)CSc1nnnn1C1CC1. The molecule has 0 bridgehead atoms. The van der Waals surface area contributed by atoms with E-state index >= 15 is 0 Å². The molecule has 8 heteroatoms. The number of benzene rings is 1. The van der Waals surface area contributed by atoms with Crippen molar-refractivity contribution in [2.75, 3.05) is 12.8 Å². The Hall–Kier alpha value is -2.35. The molecule has 28 heavy (non-hydrogen) atoms. The summed E-state index contributed by atoms with van der Waals surface area (Å²) in [6.07, 6.45) is 5.30. The van der Waals surface area contributed by atoms with Crippen LogP contribution in [0.3, 0.4) is 0 Å². The largest absolute Gasteiger partial charge is 0.461 e. The predicted octanol–water partition coefficient (Wildman–Crippen LogP) is 3.85. The summed E-state index contributed by atoms with van der Waals surface area (Å²) < 4.78 is 7.91. The molecule has 1 amide bonds. The molecule has 0 unspecified atom stereocenters. The highest BCUT2D eigenvalue weighted by molar-refractivity contribution is 7.99. The van der Waals surface area contributed by atoms with Gasteiger partial charge in [0.2, 0.25) is 11.1 Å². The number of tetrazole rings is 1. The van der Waals surface area contributed by atoms with Gasteiger partial charge in [-0.25, -0.2) is 4.68 Å². The van der Waals surface area contributed by atoms with E-state index in [1.54, 1.807) is 4.90 Å². The number of thioether (sulfide) groups is 1. The van der Waals surface area contributed by atoms with Gasteiger partial charge in [0.15, 0.2) is 0 Å². The van der Waals surface area contributed by atoms with Crippen LogP contribution in [0.15, 0.2) is 33.8 Å². The third kappa shape index (κ3) is 4.06. The van der Waals surface area contributed by atoms with Crippen LogP contribution in [0, 0.1) is 0 Å². The lowest BCUT2D eigenvalue weighted by Crippen LogP contribution is -2.28. The quantitative estimate of drug-likeness (QED) is 0.509. The minimum atomic E-state index is 0.0575. The Balaban J connectivity index is 1.44. The molecule has 4 rings (SSSR count). The van der Waals surface area contributed by atoms with Crippen molar-refractivity contribution < 1.29 is 9.21 Å². The first-order valence-corrected chi connectivity index (χ1v) is 10.8. The first kappa shape index (κ1) is 19.0. The van der Waals surface area contributed by atoms with Crippen molar-refractivity contribution >= 4 is 28.6 Å². The maximum atomic E-state index is 12.7. The number of furan rings is 1. The third-order valence-electron chi connectivity index (χ3n) is 5.04. The molecule has 1 saturated carbocycles. The number of hydrogen-bond donors (Lipinski definition) is 0. The van der Waals surface area contributed by atoms with E-state index in [1.807, 2.05) is 29.9 Å². The van der Waals surface area contributed by atoms with Gasteiger partial charge in [-0.3, -0.25) is 4.79 Å². The maximum absolute atomic E-state index is 12.7. The fraction of sp³-hybridized carbons (Fsp3) is 0.500. The number of nitrogens with zero attached hydrogens (tertiary/aromatic N) is 5. The summed E-state index contributed by atoms with van der Waals surface area (Å²) in [4.78, 5) is 14.5. The molecular formula is C20H25N5O2S. The Morgan fingerprint density at radius 2 is 2.18 bits per heavy atom. The van der Waals surface area contributed by atoms with Crippen LogP contribution in [0.1, 0.15) is 50.0 Å². The number of amides is 1. The Morgan fingerprint density at radius 1 is 1.36 bits per heavy atom. The topological polar surface area (TPSA) is 77.1 Å². The van der Waals surface area contributed by atoms with Crippen LogP contribution >= 0.6 is 11.8 Å². The molecule has 7 nitrogen and oxygen atoms in total. The minimum Gasteiger partial charge on any atom is -0.461 e. The van der Waals surface area contributed by atoms with Crippen LogP contribution in [0.2, 0.25) is 0 Å². The monoisotopic (exact) mass is 399 g/mol. The van der Waals surface area contributed by atoms with Crippen LogP contribution in [0.5, 0.6) is 0 Å². The van der Waals surface area contributed by atoms with Gasteiger partial charge in [-0.2, -0.15) is 0 Å². The zero-order valence-corrected chi connectivity index (χ0v) is 17.1. The number of aryl methyl sites for hydroxylation is 1. The van der Waals surface area contributed by atoms with E-state index in [2.05, 4.69) is 28.5 Å². The van der Waals surface area contributed by atoms with E-state index in [0.29, 0.717) is 18.3 Å². The van der Waals surface area contributed by atoms with Crippen molar-refractivity contribution in [3.8, 4) is 0 Å². The number of carbonyl (C=O) groups is 1. The van der Waals surface area contributed by atoms with Gasteiger partial charge in [0, 0.05) is 31.0 Å². The van der Waals surface area contributed by atoms with Gasteiger partial charge in [-0.05, 0) is 35.8 Å². The standard InChI is InChI=1S/C20H25N5O2S/c1-3-4-8-18-16(15-7-5-6-9-17(15)27-18)12-24(2)19(26)13-28-20-21-22-23-25(20)14-10-11-14/h5-7,9,14H,3-4,8,10-13H2,1-2H3. The molecule has 1 aromatic carbocycles. The average Bonchev–Trinajstić information content (AvgIpc) is 3.35. The second-order valence-corrected chi connectivity index (χ2v) is 8.22. The second-order valence-electron chi connectivity index (χ2n) is 7.28. The van der Waals surface area contributed by atoms with Crippen LogP contribution in [0.25, 0.3) is 11.0 Å². The maximum Gasteiger partial charge on any atom is 0.233 e. The summed E-state index contributed by atoms with van der Waals surface area (Å²) in [6.45, 7) is 2.72. The summed E-state index contributed by atoms with van der Waals surface area (Å²) in [5.74, 6) is 1.37. The molecule has 0 aliphatic heterocycles. The molecule has 1 aliphatic rings. The van der Waals surface area contributed by atoms with Gasteiger partial charge in [0.05, 0.1) is 11.8 Å². The summed E-state index contributed by atoms with van der Waals surface area (Å²) in [6, 6.07) is 8.46. The fourth-order valence-corrected chi connectivity index (χ4v) is 4.14. The van der Waals surface area contributed by atoms with Gasteiger partial charge in [0.25, 0.3) is 0 Å². The van der Waals surface area contributed by atoms with Crippen LogP contribution in [-0.2, 0) is 17.8 Å². The molecule has 1 fully saturated rings. The summed E-state index contributed by atoms with van der Waals surface area (Å²) in [5, 5.41) is 13.7. The van der Waals surface area contributed by atoms with E-state index < -0.39 is 0 Å². The van der Waals surface area contributed by atoms with Crippen LogP contribution < -0.4 is 0 Å². The molecule has 148 valence electrons. The Labute approximate surface area is 168 Å². The molecule has 0 N–H and O–H groups in total. The number of fused-ring (bicyclic) bond motifs is 1. The second kappa shape index (κ2) is 8.34. The van der Waals surface area contributed by atoms with E-state index in [-0.39, 0.29) is 5.91 Å². The zero-order chi connectivity index (χ0) is 19.5. The predicted molar refractivity (Wildman–Crippen MR) is 108 cm³/mol. The number of hydrogen-bond acceptors (Lipinski definition) is 6.